The second-order valence-corrected chi connectivity index (χ2v) is 11.2. The zero-order valence-electron chi connectivity index (χ0n) is 24.9. The SMILES string of the molecule is O=C1CC[C@H](N2Cc3c(C#CCOCCOCC#Cc4cccc5c4CN([C@H]4CCC(=O)NC4=O)C5=O)cccc3C2=O)C(=O)N1. The summed E-state index contributed by atoms with van der Waals surface area (Å²) >= 11 is 0. The first-order chi connectivity index (χ1) is 22.3. The number of amides is 6. The van der Waals surface area contributed by atoms with Crippen LogP contribution in [0.5, 0.6) is 0 Å². The van der Waals surface area contributed by atoms with E-state index < -0.39 is 23.9 Å². The van der Waals surface area contributed by atoms with Crippen LogP contribution in [0.4, 0.5) is 0 Å². The highest BCUT2D eigenvalue weighted by atomic mass is 16.5. The van der Waals surface area contributed by atoms with Gasteiger partial charge in [0.25, 0.3) is 11.8 Å². The van der Waals surface area contributed by atoms with Gasteiger partial charge in [0.1, 0.15) is 25.3 Å². The van der Waals surface area contributed by atoms with Crippen molar-refractivity contribution in [3.8, 4) is 23.7 Å². The standard InChI is InChI=1S/C34H30N4O8/c39-29-13-11-27(31(41)35-29)37-19-25-21(5-1-9-23(25)33(37)43)7-3-15-45-17-18-46-16-4-8-22-6-2-10-24-26(22)20-38(34(24)44)28-12-14-30(40)36-32(28)42/h1-2,5-6,9-10,27-28H,11-20H2,(H,35,39,41)(H,36,40,42)/t27-,28-/m0/s1. The average molecular weight is 623 g/mol. The average Bonchev–Trinajstić information content (AvgIpc) is 3.55. The van der Waals surface area contributed by atoms with Gasteiger partial charge in [-0.05, 0) is 48.2 Å². The maximum Gasteiger partial charge on any atom is 0.255 e. The molecule has 2 aromatic rings. The molecule has 0 aliphatic carbocycles. The van der Waals surface area contributed by atoms with E-state index in [4.69, 9.17) is 9.47 Å². The Morgan fingerprint density at radius 1 is 0.652 bits per heavy atom. The van der Waals surface area contributed by atoms with E-state index in [-0.39, 0.29) is 62.8 Å². The van der Waals surface area contributed by atoms with Crippen molar-refractivity contribution in [3.05, 3.63) is 69.8 Å². The third kappa shape index (κ3) is 6.26. The van der Waals surface area contributed by atoms with Crippen molar-refractivity contribution in [2.45, 2.75) is 50.9 Å². The summed E-state index contributed by atoms with van der Waals surface area (Å²) in [5.74, 6) is 9.96. The second kappa shape index (κ2) is 13.4. The molecular formula is C34H30N4O8. The molecule has 0 bridgehead atoms. The van der Waals surface area contributed by atoms with E-state index in [1.165, 1.54) is 9.80 Å². The van der Waals surface area contributed by atoms with Crippen LogP contribution in [0.3, 0.4) is 0 Å². The number of nitrogens with zero attached hydrogens (tertiary/aromatic N) is 2. The normalized spacial score (nSPS) is 20.3. The molecule has 234 valence electrons. The molecule has 6 amide bonds. The molecular weight excluding hydrogens is 592 g/mol. The molecule has 46 heavy (non-hydrogen) atoms. The van der Waals surface area contributed by atoms with Gasteiger partial charge in [0.15, 0.2) is 0 Å². The fourth-order valence-corrected chi connectivity index (χ4v) is 6.03. The highest BCUT2D eigenvalue weighted by molar-refractivity contribution is 6.06. The Labute approximate surface area is 264 Å². The van der Waals surface area contributed by atoms with Crippen molar-refractivity contribution in [1.82, 2.24) is 20.4 Å². The molecule has 4 aliphatic heterocycles. The van der Waals surface area contributed by atoms with Gasteiger partial charge >= 0.3 is 0 Å². The highest BCUT2D eigenvalue weighted by Crippen LogP contribution is 2.30. The van der Waals surface area contributed by atoms with Gasteiger partial charge in [0.05, 0.1) is 13.2 Å². The van der Waals surface area contributed by atoms with Crippen molar-refractivity contribution in [1.29, 1.82) is 0 Å². The maximum absolute atomic E-state index is 13.0. The smallest absolute Gasteiger partial charge is 0.255 e. The van der Waals surface area contributed by atoms with Crippen molar-refractivity contribution in [2.75, 3.05) is 26.4 Å². The summed E-state index contributed by atoms with van der Waals surface area (Å²) in [6, 6.07) is 9.21. The van der Waals surface area contributed by atoms with E-state index in [0.717, 1.165) is 11.1 Å². The lowest BCUT2D eigenvalue weighted by Crippen LogP contribution is -2.52. The molecule has 0 unspecified atom stereocenters. The first-order valence-corrected chi connectivity index (χ1v) is 15.0. The van der Waals surface area contributed by atoms with Gasteiger partial charge in [-0.15, -0.1) is 0 Å². The molecule has 4 heterocycles. The van der Waals surface area contributed by atoms with Gasteiger partial charge in [-0.2, -0.15) is 0 Å². The predicted molar refractivity (Wildman–Crippen MR) is 160 cm³/mol. The number of hydrogen-bond acceptors (Lipinski definition) is 8. The molecule has 4 aliphatic rings. The third-order valence-electron chi connectivity index (χ3n) is 8.33. The Morgan fingerprint density at radius 3 is 1.50 bits per heavy atom. The number of carbonyl (C=O) groups excluding carboxylic acids is 6. The van der Waals surface area contributed by atoms with Crippen molar-refractivity contribution in [3.63, 3.8) is 0 Å². The van der Waals surface area contributed by atoms with E-state index in [9.17, 15) is 28.8 Å². The van der Waals surface area contributed by atoms with Gasteiger partial charge < -0.3 is 19.3 Å². The van der Waals surface area contributed by atoms with E-state index >= 15 is 0 Å². The molecule has 0 radical (unpaired) electrons. The number of nitrogens with one attached hydrogen (secondary N) is 2. The number of rotatable bonds is 7. The molecule has 2 N–H and O–H groups in total. The Hall–Kier alpha value is -5.30. The van der Waals surface area contributed by atoms with Crippen LogP contribution >= 0.6 is 0 Å². The molecule has 12 nitrogen and oxygen atoms in total. The molecule has 0 saturated carbocycles. The van der Waals surface area contributed by atoms with E-state index in [1.54, 1.807) is 24.3 Å². The summed E-state index contributed by atoms with van der Waals surface area (Å²) in [5.41, 5.74) is 3.89. The molecule has 12 heteroatoms. The fourth-order valence-electron chi connectivity index (χ4n) is 6.03. The van der Waals surface area contributed by atoms with Crippen LogP contribution in [0.15, 0.2) is 36.4 Å². The number of imide groups is 2. The molecule has 0 spiro atoms. The second-order valence-electron chi connectivity index (χ2n) is 11.2. The third-order valence-corrected chi connectivity index (χ3v) is 8.33. The van der Waals surface area contributed by atoms with Crippen molar-refractivity contribution >= 4 is 35.4 Å². The van der Waals surface area contributed by atoms with Gasteiger partial charge in [-0.1, -0.05) is 35.8 Å². The summed E-state index contributed by atoms with van der Waals surface area (Å²) in [7, 11) is 0. The maximum atomic E-state index is 13.0. The summed E-state index contributed by atoms with van der Waals surface area (Å²) in [6.07, 6.45) is 0.988. The van der Waals surface area contributed by atoms with Gasteiger partial charge in [-0.3, -0.25) is 39.4 Å². The monoisotopic (exact) mass is 622 g/mol. The molecule has 2 aromatic carbocycles. The number of benzene rings is 2. The zero-order chi connectivity index (χ0) is 32.2. The largest absolute Gasteiger partial charge is 0.366 e. The molecule has 2 atom stereocenters. The lowest BCUT2D eigenvalue weighted by molar-refractivity contribution is -0.138. The Bertz CT molecular complexity index is 1650. The number of ether oxygens (including phenoxy) is 2. The molecule has 0 aromatic heterocycles. The number of fused-ring (bicyclic) bond motifs is 2. The minimum absolute atomic E-state index is 0.150. The molecule has 2 saturated heterocycles. The van der Waals surface area contributed by atoms with Crippen LogP contribution in [0, 0.1) is 23.7 Å². The summed E-state index contributed by atoms with van der Waals surface area (Å²) in [4.78, 5) is 76.5. The number of hydrogen-bond donors (Lipinski definition) is 2. The Balaban J connectivity index is 0.950. The molecule has 2 fully saturated rings. The Morgan fingerprint density at radius 2 is 1.09 bits per heavy atom. The fraction of sp³-hybridized carbons (Fsp3) is 0.353. The Kier molecular flexibility index (Phi) is 8.92. The van der Waals surface area contributed by atoms with Crippen LogP contribution in [0.1, 0.15) is 68.7 Å². The first kappa shape index (κ1) is 30.7. The van der Waals surface area contributed by atoms with Gasteiger partial charge in [0, 0.05) is 48.2 Å². The van der Waals surface area contributed by atoms with Crippen LogP contribution in [-0.2, 0) is 41.7 Å². The quantitative estimate of drug-likeness (QED) is 0.260. The van der Waals surface area contributed by atoms with E-state index in [1.807, 2.05) is 12.1 Å². The highest BCUT2D eigenvalue weighted by Gasteiger charge is 2.41. The van der Waals surface area contributed by atoms with Crippen LogP contribution < -0.4 is 10.6 Å². The summed E-state index contributed by atoms with van der Waals surface area (Å²) in [5, 5.41) is 4.61. The van der Waals surface area contributed by atoms with Crippen LogP contribution in [-0.4, -0.2) is 83.8 Å². The van der Waals surface area contributed by atoms with Crippen LogP contribution in [0.2, 0.25) is 0 Å². The lowest BCUT2D eigenvalue weighted by Gasteiger charge is -2.29. The summed E-state index contributed by atoms with van der Waals surface area (Å²) < 4.78 is 11.1. The molecule has 6 rings (SSSR count). The first-order valence-electron chi connectivity index (χ1n) is 15.0. The van der Waals surface area contributed by atoms with Gasteiger partial charge in [-0.25, -0.2) is 0 Å². The van der Waals surface area contributed by atoms with Crippen molar-refractivity contribution < 1.29 is 38.2 Å². The minimum Gasteiger partial charge on any atom is -0.366 e. The number of carbonyl (C=O) groups is 6. The summed E-state index contributed by atoms with van der Waals surface area (Å²) in [6.45, 7) is 1.39. The topological polar surface area (TPSA) is 151 Å². The predicted octanol–water partition coefficient (Wildman–Crippen LogP) is 0.645. The van der Waals surface area contributed by atoms with E-state index in [0.29, 0.717) is 48.3 Å². The van der Waals surface area contributed by atoms with Crippen LogP contribution in [0.25, 0.3) is 0 Å². The van der Waals surface area contributed by atoms with Crippen molar-refractivity contribution in [2.24, 2.45) is 0 Å². The van der Waals surface area contributed by atoms with E-state index in [2.05, 4.69) is 34.3 Å². The number of piperidine rings is 2. The lowest BCUT2D eigenvalue weighted by atomic mass is 10.0. The minimum atomic E-state index is -0.681. The zero-order valence-corrected chi connectivity index (χ0v) is 24.9. The van der Waals surface area contributed by atoms with Gasteiger partial charge in [0.2, 0.25) is 23.6 Å².